The summed E-state index contributed by atoms with van der Waals surface area (Å²) in [6.07, 6.45) is 0.897. The van der Waals surface area contributed by atoms with Crippen molar-refractivity contribution in [1.82, 2.24) is 14.4 Å². The Morgan fingerprint density at radius 1 is 1.05 bits per heavy atom. The number of anilines is 1. The van der Waals surface area contributed by atoms with Crippen LogP contribution in [0, 0.1) is 6.92 Å². The SMILES string of the molecule is Cc1nc2nc(NC(=O)OCc3ccccc3)cn2c(-c2ccc(Cl)cc2Cl)c1CC(=O)OC(C)(C)C. The number of nitrogens with zero attached hydrogens (tertiary/aromatic N) is 3. The van der Waals surface area contributed by atoms with Crippen LogP contribution in [-0.4, -0.2) is 32.0 Å². The number of aromatic nitrogens is 3. The van der Waals surface area contributed by atoms with Gasteiger partial charge in [-0.3, -0.25) is 14.5 Å². The van der Waals surface area contributed by atoms with Gasteiger partial charge in [0.25, 0.3) is 0 Å². The summed E-state index contributed by atoms with van der Waals surface area (Å²) < 4.78 is 12.5. The van der Waals surface area contributed by atoms with Gasteiger partial charge in [-0.1, -0.05) is 53.5 Å². The van der Waals surface area contributed by atoms with Crippen molar-refractivity contribution in [1.29, 1.82) is 0 Å². The van der Waals surface area contributed by atoms with Gasteiger partial charge >= 0.3 is 12.1 Å². The second kappa shape index (κ2) is 10.8. The molecule has 0 saturated heterocycles. The summed E-state index contributed by atoms with van der Waals surface area (Å²) >= 11 is 12.7. The highest BCUT2D eigenvalue weighted by Crippen LogP contribution is 2.35. The topological polar surface area (TPSA) is 94.8 Å². The highest BCUT2D eigenvalue weighted by molar-refractivity contribution is 6.36. The van der Waals surface area contributed by atoms with Gasteiger partial charge in [0, 0.05) is 21.8 Å². The molecule has 2 heterocycles. The van der Waals surface area contributed by atoms with Crippen molar-refractivity contribution in [2.75, 3.05) is 5.32 Å². The predicted molar refractivity (Wildman–Crippen MR) is 143 cm³/mol. The molecule has 0 aliphatic rings. The first-order valence-corrected chi connectivity index (χ1v) is 12.3. The van der Waals surface area contributed by atoms with Crippen LogP contribution in [0.25, 0.3) is 17.0 Å². The van der Waals surface area contributed by atoms with Gasteiger partial charge in [0.2, 0.25) is 5.78 Å². The Morgan fingerprint density at radius 3 is 2.46 bits per heavy atom. The third-order valence-electron chi connectivity index (χ3n) is 5.29. The van der Waals surface area contributed by atoms with Crippen molar-refractivity contribution in [2.45, 2.75) is 46.3 Å². The molecule has 0 bridgehead atoms. The quantitative estimate of drug-likeness (QED) is 0.275. The van der Waals surface area contributed by atoms with E-state index >= 15 is 0 Å². The van der Waals surface area contributed by atoms with Gasteiger partial charge in [-0.15, -0.1) is 0 Å². The van der Waals surface area contributed by atoms with E-state index in [4.69, 9.17) is 32.7 Å². The van der Waals surface area contributed by atoms with Crippen LogP contribution in [0.5, 0.6) is 0 Å². The first-order valence-electron chi connectivity index (χ1n) is 11.5. The van der Waals surface area contributed by atoms with Crippen LogP contribution < -0.4 is 5.32 Å². The maximum absolute atomic E-state index is 12.8. The Kier molecular flexibility index (Phi) is 7.71. The highest BCUT2D eigenvalue weighted by atomic mass is 35.5. The standard InChI is InChI=1S/C27H26Cl2N4O4/c1-16-20(13-23(34)37-27(2,3)4)24(19-11-10-18(28)12-21(19)29)33-14-22(31-25(33)30-16)32-26(35)36-15-17-8-6-5-7-9-17/h5-12,14H,13,15H2,1-4H3,(H,32,35). The average Bonchev–Trinajstić information content (AvgIpc) is 3.20. The van der Waals surface area contributed by atoms with Crippen molar-refractivity contribution in [2.24, 2.45) is 0 Å². The number of nitrogens with one attached hydrogen (secondary N) is 1. The number of benzene rings is 2. The Bertz CT molecular complexity index is 1460. The number of halogens is 2. The Hall–Kier alpha value is -3.62. The molecule has 10 heteroatoms. The number of hydrogen-bond donors (Lipinski definition) is 1. The molecule has 37 heavy (non-hydrogen) atoms. The maximum Gasteiger partial charge on any atom is 0.413 e. The largest absolute Gasteiger partial charge is 0.460 e. The molecule has 2 aromatic heterocycles. The molecule has 0 radical (unpaired) electrons. The predicted octanol–water partition coefficient (Wildman–Crippen LogP) is 6.64. The number of carbonyl (C=O) groups excluding carboxylic acids is 2. The van der Waals surface area contributed by atoms with Gasteiger partial charge < -0.3 is 9.47 Å². The molecule has 4 rings (SSSR count). The first kappa shape index (κ1) is 26.4. The molecule has 0 saturated carbocycles. The van der Waals surface area contributed by atoms with Gasteiger partial charge in [0.1, 0.15) is 12.2 Å². The summed E-state index contributed by atoms with van der Waals surface area (Å²) in [5, 5.41) is 3.49. The molecule has 2 aromatic carbocycles. The number of hydrogen-bond acceptors (Lipinski definition) is 6. The molecule has 1 N–H and O–H groups in total. The number of esters is 1. The smallest absolute Gasteiger partial charge is 0.413 e. The number of rotatable bonds is 6. The zero-order valence-electron chi connectivity index (χ0n) is 20.8. The van der Waals surface area contributed by atoms with Crippen LogP contribution in [0.3, 0.4) is 0 Å². The lowest BCUT2D eigenvalue weighted by molar-refractivity contribution is -0.153. The van der Waals surface area contributed by atoms with Crippen LogP contribution in [0.2, 0.25) is 10.0 Å². The first-order chi connectivity index (χ1) is 17.5. The molecule has 0 aliphatic heterocycles. The fourth-order valence-corrected chi connectivity index (χ4v) is 4.28. The lowest BCUT2D eigenvalue weighted by atomic mass is 10.0. The van der Waals surface area contributed by atoms with Crippen molar-refractivity contribution >= 4 is 46.9 Å². The molecular formula is C27H26Cl2N4O4. The molecule has 0 atom stereocenters. The van der Waals surface area contributed by atoms with E-state index in [0.717, 1.165) is 5.56 Å². The molecular weight excluding hydrogens is 515 g/mol. The summed E-state index contributed by atoms with van der Waals surface area (Å²) in [7, 11) is 0. The Morgan fingerprint density at radius 2 is 1.78 bits per heavy atom. The number of fused-ring (bicyclic) bond motifs is 1. The summed E-state index contributed by atoms with van der Waals surface area (Å²) in [5.41, 5.74) is 2.61. The van der Waals surface area contributed by atoms with E-state index in [1.165, 1.54) is 0 Å². The van der Waals surface area contributed by atoms with E-state index < -0.39 is 17.7 Å². The number of aryl methyl sites for hydroxylation is 1. The lowest BCUT2D eigenvalue weighted by Crippen LogP contribution is -2.25. The number of carbonyl (C=O) groups is 2. The average molecular weight is 541 g/mol. The minimum Gasteiger partial charge on any atom is -0.460 e. The lowest BCUT2D eigenvalue weighted by Gasteiger charge is -2.21. The Labute approximate surface area is 224 Å². The minimum atomic E-state index is -0.663. The van der Waals surface area contributed by atoms with Gasteiger partial charge in [0.05, 0.1) is 23.3 Å². The van der Waals surface area contributed by atoms with E-state index in [2.05, 4.69) is 15.3 Å². The molecule has 0 fully saturated rings. The maximum atomic E-state index is 12.8. The number of amides is 1. The number of ether oxygens (including phenoxy) is 2. The summed E-state index contributed by atoms with van der Waals surface area (Å²) in [4.78, 5) is 34.2. The van der Waals surface area contributed by atoms with E-state index in [1.54, 1.807) is 56.5 Å². The zero-order chi connectivity index (χ0) is 26.7. The van der Waals surface area contributed by atoms with Gasteiger partial charge in [-0.25, -0.2) is 9.78 Å². The zero-order valence-corrected chi connectivity index (χ0v) is 22.4. The van der Waals surface area contributed by atoms with E-state index in [0.29, 0.717) is 38.3 Å². The van der Waals surface area contributed by atoms with Gasteiger partial charge in [-0.2, -0.15) is 4.98 Å². The third kappa shape index (κ3) is 6.58. The van der Waals surface area contributed by atoms with Crippen molar-refractivity contribution in [3.05, 3.63) is 81.6 Å². The van der Waals surface area contributed by atoms with E-state index in [-0.39, 0.29) is 18.8 Å². The highest BCUT2D eigenvalue weighted by Gasteiger charge is 2.24. The van der Waals surface area contributed by atoms with Crippen LogP contribution in [0.15, 0.2) is 54.7 Å². The normalized spacial score (nSPS) is 11.4. The molecule has 0 unspecified atom stereocenters. The van der Waals surface area contributed by atoms with Crippen LogP contribution in [0.1, 0.15) is 37.6 Å². The molecule has 8 nitrogen and oxygen atoms in total. The molecule has 0 aliphatic carbocycles. The Balaban J connectivity index is 1.72. The molecule has 1 amide bonds. The van der Waals surface area contributed by atoms with Gasteiger partial charge in [-0.05, 0) is 51.5 Å². The fraction of sp³-hybridized carbons (Fsp3) is 0.259. The van der Waals surface area contributed by atoms with Crippen molar-refractivity contribution < 1.29 is 19.1 Å². The molecule has 4 aromatic rings. The van der Waals surface area contributed by atoms with Crippen molar-refractivity contribution in [3.63, 3.8) is 0 Å². The van der Waals surface area contributed by atoms with E-state index in [9.17, 15) is 9.59 Å². The monoisotopic (exact) mass is 540 g/mol. The minimum absolute atomic E-state index is 0.0413. The van der Waals surface area contributed by atoms with E-state index in [1.807, 2.05) is 30.3 Å². The van der Waals surface area contributed by atoms with Gasteiger partial charge in [0.15, 0.2) is 5.82 Å². The van der Waals surface area contributed by atoms with Crippen LogP contribution in [0.4, 0.5) is 10.6 Å². The second-order valence-corrected chi connectivity index (χ2v) is 10.2. The second-order valence-electron chi connectivity index (χ2n) is 9.39. The molecule has 192 valence electrons. The van der Waals surface area contributed by atoms with Crippen LogP contribution >= 0.6 is 23.2 Å². The van der Waals surface area contributed by atoms with Crippen molar-refractivity contribution in [3.8, 4) is 11.3 Å². The number of imidazole rings is 1. The summed E-state index contributed by atoms with van der Waals surface area (Å²) in [6.45, 7) is 7.31. The third-order valence-corrected chi connectivity index (χ3v) is 5.84. The molecule has 0 spiro atoms. The summed E-state index contributed by atoms with van der Waals surface area (Å²) in [5.74, 6) is 0.126. The fourth-order valence-electron chi connectivity index (χ4n) is 3.78. The summed E-state index contributed by atoms with van der Waals surface area (Å²) in [6, 6.07) is 14.4. The van der Waals surface area contributed by atoms with Crippen LogP contribution in [-0.2, 0) is 27.3 Å².